The Kier molecular flexibility index (Phi) is 4.24. The molecule has 0 saturated heterocycles. The van der Waals surface area contributed by atoms with Crippen molar-refractivity contribution in [3.63, 3.8) is 0 Å². The Balaban J connectivity index is 1.68. The van der Waals surface area contributed by atoms with E-state index in [2.05, 4.69) is 13.8 Å². The van der Waals surface area contributed by atoms with E-state index in [1.54, 1.807) is 0 Å². The van der Waals surface area contributed by atoms with Gasteiger partial charge < -0.3 is 15.3 Å². The zero-order valence-electron chi connectivity index (χ0n) is 14.5. The fourth-order valence-electron chi connectivity index (χ4n) is 3.60. The average Bonchev–Trinajstić information content (AvgIpc) is 3.39. The maximum Gasteiger partial charge on any atom is 0.161 e. The summed E-state index contributed by atoms with van der Waals surface area (Å²) >= 11 is 0. The first kappa shape index (κ1) is 16.5. The van der Waals surface area contributed by atoms with E-state index >= 15 is 0 Å². The van der Waals surface area contributed by atoms with E-state index in [1.807, 2.05) is 0 Å². The first-order chi connectivity index (χ1) is 10.8. The third-order valence-electron chi connectivity index (χ3n) is 6.10. The molecule has 0 unspecified atom stereocenters. The van der Waals surface area contributed by atoms with Crippen LogP contribution in [0.1, 0.15) is 76.3 Å². The van der Waals surface area contributed by atoms with Gasteiger partial charge in [-0.3, -0.25) is 0 Å². The van der Waals surface area contributed by atoms with E-state index < -0.39 is 0 Å². The molecule has 0 radical (unpaired) electrons. The van der Waals surface area contributed by atoms with Gasteiger partial charge in [0.2, 0.25) is 0 Å². The summed E-state index contributed by atoms with van der Waals surface area (Å²) in [5.41, 5.74) is 2.60. The molecule has 0 spiro atoms. The zero-order valence-corrected chi connectivity index (χ0v) is 14.5. The summed E-state index contributed by atoms with van der Waals surface area (Å²) in [7, 11) is 0. The molecule has 0 heterocycles. The smallest absolute Gasteiger partial charge is 0.161 e. The second-order valence-electron chi connectivity index (χ2n) is 8.55. The summed E-state index contributed by atoms with van der Waals surface area (Å²) in [6.45, 7) is 4.63. The van der Waals surface area contributed by atoms with Crippen LogP contribution < -0.4 is 0 Å². The molecular weight excluding hydrogens is 288 g/mol. The first-order valence-electron chi connectivity index (χ1n) is 9.08. The van der Waals surface area contributed by atoms with Gasteiger partial charge in [0.1, 0.15) is 5.75 Å². The predicted octanol–water partition coefficient (Wildman–Crippen LogP) is 5.05. The van der Waals surface area contributed by atoms with Gasteiger partial charge in [-0.2, -0.15) is 0 Å². The van der Waals surface area contributed by atoms with E-state index in [0.29, 0.717) is 10.8 Å². The third kappa shape index (κ3) is 3.94. The molecule has 0 aromatic heterocycles. The normalized spacial score (nSPS) is 20.4. The van der Waals surface area contributed by atoms with Gasteiger partial charge in [-0.15, -0.1) is 0 Å². The zero-order chi connectivity index (χ0) is 16.7. The molecule has 23 heavy (non-hydrogen) atoms. The first-order valence-corrected chi connectivity index (χ1v) is 9.08. The molecule has 2 aliphatic rings. The van der Waals surface area contributed by atoms with Gasteiger partial charge in [0.05, 0.1) is 0 Å². The molecule has 3 N–H and O–H groups in total. The van der Waals surface area contributed by atoms with Crippen LogP contribution in [0.5, 0.6) is 17.2 Å². The summed E-state index contributed by atoms with van der Waals surface area (Å²) < 4.78 is 0. The lowest BCUT2D eigenvalue weighted by Gasteiger charge is -2.16. The molecule has 0 aliphatic heterocycles. The van der Waals surface area contributed by atoms with Crippen molar-refractivity contribution < 1.29 is 15.3 Å². The highest BCUT2D eigenvalue weighted by Gasteiger charge is 2.37. The Morgan fingerprint density at radius 3 is 1.74 bits per heavy atom. The van der Waals surface area contributed by atoms with Gasteiger partial charge in [-0.25, -0.2) is 0 Å². The Hall–Kier alpha value is -1.38. The molecule has 2 saturated carbocycles. The van der Waals surface area contributed by atoms with Crippen LogP contribution in [0.2, 0.25) is 0 Å². The highest BCUT2D eigenvalue weighted by molar-refractivity contribution is 5.55. The number of benzene rings is 1. The van der Waals surface area contributed by atoms with E-state index in [4.69, 9.17) is 0 Å². The highest BCUT2D eigenvalue weighted by atomic mass is 16.3. The van der Waals surface area contributed by atoms with Crippen molar-refractivity contribution in [3.8, 4) is 17.2 Å². The Labute approximate surface area is 139 Å². The van der Waals surface area contributed by atoms with Gasteiger partial charge in [0.15, 0.2) is 11.5 Å². The molecule has 2 fully saturated rings. The van der Waals surface area contributed by atoms with E-state index in [-0.39, 0.29) is 17.2 Å². The van der Waals surface area contributed by atoms with Crippen LogP contribution in [0.25, 0.3) is 0 Å². The van der Waals surface area contributed by atoms with Gasteiger partial charge in [-0.05, 0) is 75.0 Å². The molecular formula is C20H30O3. The van der Waals surface area contributed by atoms with Crippen molar-refractivity contribution in [3.05, 3.63) is 17.2 Å². The molecule has 0 atom stereocenters. The Bertz CT molecular complexity index is 583. The average molecular weight is 318 g/mol. The molecule has 2 aliphatic carbocycles. The highest BCUT2D eigenvalue weighted by Crippen LogP contribution is 2.50. The van der Waals surface area contributed by atoms with Crippen LogP contribution in [0.3, 0.4) is 0 Å². The number of hydrogen-bond acceptors (Lipinski definition) is 3. The Morgan fingerprint density at radius 1 is 0.783 bits per heavy atom. The molecule has 1 aromatic carbocycles. The maximum absolute atomic E-state index is 10.3. The molecule has 3 rings (SSSR count). The summed E-state index contributed by atoms with van der Waals surface area (Å²) in [5.74, 6) is -0.0988. The molecule has 0 amide bonds. The summed E-state index contributed by atoms with van der Waals surface area (Å²) in [6.07, 6.45) is 11.1. The predicted molar refractivity (Wildman–Crippen MR) is 92.0 cm³/mol. The lowest BCUT2D eigenvalue weighted by Crippen LogP contribution is -2.01. The second-order valence-corrected chi connectivity index (χ2v) is 8.55. The van der Waals surface area contributed by atoms with Gasteiger partial charge in [0.25, 0.3) is 0 Å². The van der Waals surface area contributed by atoms with Crippen LogP contribution >= 0.6 is 0 Å². The molecule has 3 heteroatoms. The minimum atomic E-state index is -0.201. The van der Waals surface area contributed by atoms with Crippen molar-refractivity contribution in [2.45, 2.75) is 78.1 Å². The lowest BCUT2D eigenvalue weighted by atomic mass is 9.91. The van der Waals surface area contributed by atoms with Crippen molar-refractivity contribution >= 4 is 0 Å². The van der Waals surface area contributed by atoms with Gasteiger partial charge in [0, 0.05) is 17.2 Å². The number of phenolic OH excluding ortho intramolecular Hbond substituents is 3. The number of phenols is 3. The van der Waals surface area contributed by atoms with Gasteiger partial charge >= 0.3 is 0 Å². The van der Waals surface area contributed by atoms with Crippen molar-refractivity contribution in [1.82, 2.24) is 0 Å². The van der Waals surface area contributed by atoms with Crippen LogP contribution in [0.4, 0.5) is 0 Å². The SMILES string of the molecule is CC1(CCCc2c(O)cc(O)c(O)c2CCCC2(C)CC2)CC1. The number of hydrogen-bond donors (Lipinski definition) is 3. The molecule has 1 aromatic rings. The van der Waals surface area contributed by atoms with Crippen LogP contribution in [-0.4, -0.2) is 15.3 Å². The summed E-state index contributed by atoms with van der Waals surface area (Å²) in [6, 6.07) is 1.29. The topological polar surface area (TPSA) is 60.7 Å². The van der Waals surface area contributed by atoms with Crippen LogP contribution in [0.15, 0.2) is 6.07 Å². The second kappa shape index (κ2) is 5.92. The monoisotopic (exact) mass is 318 g/mol. The van der Waals surface area contributed by atoms with Crippen molar-refractivity contribution in [1.29, 1.82) is 0 Å². The largest absolute Gasteiger partial charge is 0.508 e. The minimum Gasteiger partial charge on any atom is -0.508 e. The van der Waals surface area contributed by atoms with Crippen molar-refractivity contribution in [2.75, 3.05) is 0 Å². The fourth-order valence-corrected chi connectivity index (χ4v) is 3.60. The summed E-state index contributed by atoms with van der Waals surface area (Å²) in [5, 5.41) is 30.3. The number of rotatable bonds is 8. The molecule has 0 bridgehead atoms. The van der Waals surface area contributed by atoms with Crippen molar-refractivity contribution in [2.24, 2.45) is 10.8 Å². The standard InChI is InChI=1S/C20H30O3/c1-19(9-10-19)7-3-5-14-15(6-4-8-20(2)11-12-20)18(23)17(22)13-16(14)21/h13,21-23H,3-12H2,1-2H3. The summed E-state index contributed by atoms with van der Waals surface area (Å²) in [4.78, 5) is 0. The lowest BCUT2D eigenvalue weighted by molar-refractivity contribution is 0.386. The van der Waals surface area contributed by atoms with E-state index in [1.165, 1.54) is 38.2 Å². The molecule has 3 nitrogen and oxygen atoms in total. The van der Waals surface area contributed by atoms with Crippen LogP contribution in [-0.2, 0) is 12.8 Å². The third-order valence-corrected chi connectivity index (χ3v) is 6.10. The van der Waals surface area contributed by atoms with E-state index in [9.17, 15) is 15.3 Å². The number of aromatic hydroxyl groups is 3. The van der Waals surface area contributed by atoms with E-state index in [0.717, 1.165) is 43.2 Å². The maximum atomic E-state index is 10.3. The minimum absolute atomic E-state index is 0.0311. The molecule has 128 valence electrons. The van der Waals surface area contributed by atoms with Gasteiger partial charge in [-0.1, -0.05) is 13.8 Å². The van der Waals surface area contributed by atoms with Crippen LogP contribution in [0, 0.1) is 10.8 Å². The quantitative estimate of drug-likeness (QED) is 0.464. The fraction of sp³-hybridized carbons (Fsp3) is 0.700. The Morgan fingerprint density at radius 2 is 1.26 bits per heavy atom.